The largest absolute Gasteiger partial charge is 0.416 e. The molecule has 1 aliphatic heterocycles. The zero-order valence-electron chi connectivity index (χ0n) is 12.5. The Kier molecular flexibility index (Phi) is 5.34. The highest BCUT2D eigenvalue weighted by molar-refractivity contribution is 7.89. The second-order valence-electron chi connectivity index (χ2n) is 5.33. The first kappa shape index (κ1) is 18.2. The maximum absolute atomic E-state index is 13.0. The maximum atomic E-state index is 13.0. The number of aryl methyl sites for hydroxylation is 1. The van der Waals surface area contributed by atoms with Crippen LogP contribution in [0.4, 0.5) is 13.2 Å². The van der Waals surface area contributed by atoms with E-state index in [1.807, 2.05) is 0 Å². The van der Waals surface area contributed by atoms with Crippen LogP contribution in [0.5, 0.6) is 0 Å². The van der Waals surface area contributed by atoms with Crippen LogP contribution in [0, 0.1) is 6.92 Å². The molecule has 0 aliphatic carbocycles. The average molecular weight is 353 g/mol. The second-order valence-corrected chi connectivity index (χ2v) is 7.22. The lowest BCUT2D eigenvalue weighted by atomic mass is 10.1. The zero-order chi connectivity index (χ0) is 17.3. The van der Waals surface area contributed by atoms with Crippen molar-refractivity contribution in [3.63, 3.8) is 0 Å². The number of hydrogen-bond acceptors (Lipinski definition) is 4. The third kappa shape index (κ3) is 3.85. The number of sulfonamides is 1. The molecular formula is C14H18F3NO4S. The van der Waals surface area contributed by atoms with E-state index in [9.17, 15) is 21.6 Å². The fourth-order valence-electron chi connectivity index (χ4n) is 2.53. The molecule has 1 fully saturated rings. The van der Waals surface area contributed by atoms with E-state index in [-0.39, 0.29) is 38.3 Å². The molecule has 1 saturated heterocycles. The van der Waals surface area contributed by atoms with Gasteiger partial charge in [-0.25, -0.2) is 8.42 Å². The minimum atomic E-state index is -4.62. The number of aliphatic hydroxyl groups excluding tert-OH is 1. The van der Waals surface area contributed by atoms with Crippen LogP contribution in [0.15, 0.2) is 23.1 Å². The van der Waals surface area contributed by atoms with Gasteiger partial charge in [0.2, 0.25) is 10.0 Å². The number of halogens is 3. The highest BCUT2D eigenvalue weighted by Gasteiger charge is 2.37. The minimum Gasteiger partial charge on any atom is -0.396 e. The molecule has 2 rings (SSSR count). The predicted molar refractivity (Wildman–Crippen MR) is 76.4 cm³/mol. The average Bonchev–Trinajstić information content (AvgIpc) is 2.47. The maximum Gasteiger partial charge on any atom is 0.416 e. The summed E-state index contributed by atoms with van der Waals surface area (Å²) in [5.74, 6) is 0. The number of rotatable bonds is 4. The number of ether oxygens (including phenoxy) is 1. The highest BCUT2D eigenvalue weighted by Crippen LogP contribution is 2.34. The van der Waals surface area contributed by atoms with E-state index < -0.39 is 32.7 Å². The van der Waals surface area contributed by atoms with Crippen molar-refractivity contribution in [1.82, 2.24) is 4.31 Å². The Morgan fingerprint density at radius 2 is 2.09 bits per heavy atom. The Bertz CT molecular complexity index is 658. The molecule has 1 aromatic carbocycles. The third-order valence-corrected chi connectivity index (χ3v) is 5.70. The van der Waals surface area contributed by atoms with Gasteiger partial charge in [0.25, 0.3) is 0 Å². The van der Waals surface area contributed by atoms with Crippen molar-refractivity contribution < 1.29 is 31.4 Å². The fraction of sp³-hybridized carbons (Fsp3) is 0.571. The third-order valence-electron chi connectivity index (χ3n) is 3.76. The number of alkyl halides is 3. The number of benzene rings is 1. The lowest BCUT2D eigenvalue weighted by molar-refractivity contribution is -0.138. The highest BCUT2D eigenvalue weighted by atomic mass is 32.2. The van der Waals surface area contributed by atoms with Crippen LogP contribution in [0.2, 0.25) is 0 Å². The molecule has 1 aliphatic rings. The van der Waals surface area contributed by atoms with Crippen LogP contribution in [0.3, 0.4) is 0 Å². The van der Waals surface area contributed by atoms with Crippen LogP contribution in [0.1, 0.15) is 17.5 Å². The minimum absolute atomic E-state index is 0.0367. The Balaban J connectivity index is 2.43. The van der Waals surface area contributed by atoms with E-state index in [0.717, 1.165) is 10.4 Å². The molecule has 9 heteroatoms. The van der Waals surface area contributed by atoms with Gasteiger partial charge in [-0.1, -0.05) is 6.07 Å². The van der Waals surface area contributed by atoms with Gasteiger partial charge in [-0.05, 0) is 31.0 Å². The Labute approximate surface area is 132 Å². The van der Waals surface area contributed by atoms with Gasteiger partial charge < -0.3 is 9.84 Å². The first-order valence-corrected chi connectivity index (χ1v) is 8.50. The molecule has 0 unspecified atom stereocenters. The van der Waals surface area contributed by atoms with Gasteiger partial charge in [-0.3, -0.25) is 0 Å². The molecule has 0 radical (unpaired) electrons. The first-order chi connectivity index (χ1) is 10.7. The van der Waals surface area contributed by atoms with Crippen molar-refractivity contribution in [3.05, 3.63) is 29.3 Å². The molecule has 0 bridgehead atoms. The summed E-state index contributed by atoms with van der Waals surface area (Å²) in [6.45, 7) is 1.36. The molecular weight excluding hydrogens is 335 g/mol. The molecule has 0 aromatic heterocycles. The molecule has 23 heavy (non-hydrogen) atoms. The SMILES string of the molecule is Cc1ccc(S(=O)(=O)N2CCOC[C@H]2CCO)cc1C(F)(F)F. The summed E-state index contributed by atoms with van der Waals surface area (Å²) in [5.41, 5.74) is -1.00. The topological polar surface area (TPSA) is 66.8 Å². The van der Waals surface area contributed by atoms with Gasteiger partial charge in [-0.15, -0.1) is 0 Å². The quantitative estimate of drug-likeness (QED) is 0.896. The number of aliphatic hydroxyl groups is 1. The van der Waals surface area contributed by atoms with Crippen LogP contribution in [-0.4, -0.2) is 50.2 Å². The lowest BCUT2D eigenvalue weighted by Gasteiger charge is -2.34. The van der Waals surface area contributed by atoms with Gasteiger partial charge in [-0.2, -0.15) is 17.5 Å². The summed E-state index contributed by atoms with van der Waals surface area (Å²) in [6.07, 6.45) is -4.46. The van der Waals surface area contributed by atoms with Crippen molar-refractivity contribution in [2.75, 3.05) is 26.4 Å². The Morgan fingerprint density at radius 1 is 1.39 bits per heavy atom. The zero-order valence-corrected chi connectivity index (χ0v) is 13.3. The van der Waals surface area contributed by atoms with Gasteiger partial charge in [0.1, 0.15) is 0 Å². The summed E-state index contributed by atoms with van der Waals surface area (Å²) in [5, 5.41) is 9.03. The van der Waals surface area contributed by atoms with E-state index in [1.165, 1.54) is 13.0 Å². The fourth-order valence-corrected chi connectivity index (χ4v) is 4.19. The second kappa shape index (κ2) is 6.76. The van der Waals surface area contributed by atoms with Gasteiger partial charge >= 0.3 is 6.18 Å². The summed E-state index contributed by atoms with van der Waals surface area (Å²) >= 11 is 0. The van der Waals surface area contributed by atoms with E-state index >= 15 is 0 Å². The summed E-state index contributed by atoms with van der Waals surface area (Å²) in [6, 6.07) is 2.40. The van der Waals surface area contributed by atoms with Crippen LogP contribution in [-0.2, 0) is 20.9 Å². The molecule has 130 valence electrons. The van der Waals surface area contributed by atoms with E-state index in [2.05, 4.69) is 0 Å². The van der Waals surface area contributed by atoms with E-state index in [4.69, 9.17) is 9.84 Å². The molecule has 1 aromatic rings. The predicted octanol–water partition coefficient (Wildman–Crippen LogP) is 1.79. The molecule has 0 saturated carbocycles. The van der Waals surface area contributed by atoms with Crippen LogP contribution in [0.25, 0.3) is 0 Å². The van der Waals surface area contributed by atoms with Crippen molar-refractivity contribution in [2.45, 2.75) is 30.5 Å². The lowest BCUT2D eigenvalue weighted by Crippen LogP contribution is -2.48. The van der Waals surface area contributed by atoms with Crippen LogP contribution >= 0.6 is 0 Å². The number of nitrogens with zero attached hydrogens (tertiary/aromatic N) is 1. The monoisotopic (exact) mass is 353 g/mol. The van der Waals surface area contributed by atoms with E-state index in [0.29, 0.717) is 6.07 Å². The molecule has 1 atom stereocenters. The number of hydrogen-bond donors (Lipinski definition) is 1. The molecule has 0 spiro atoms. The van der Waals surface area contributed by atoms with Crippen molar-refractivity contribution >= 4 is 10.0 Å². The molecule has 5 nitrogen and oxygen atoms in total. The normalized spacial score (nSPS) is 20.7. The van der Waals surface area contributed by atoms with Crippen LogP contribution < -0.4 is 0 Å². The standard InChI is InChI=1S/C14H18F3NO4S/c1-10-2-3-12(8-13(10)14(15,16)17)23(20,21)18-5-7-22-9-11(18)4-6-19/h2-3,8,11,19H,4-7,9H2,1H3/t11-/m1/s1. The summed E-state index contributed by atoms with van der Waals surface area (Å²) < 4.78 is 70.7. The van der Waals surface area contributed by atoms with Crippen molar-refractivity contribution in [2.24, 2.45) is 0 Å². The van der Waals surface area contributed by atoms with Gasteiger partial charge in [0.15, 0.2) is 0 Å². The smallest absolute Gasteiger partial charge is 0.396 e. The number of morpholine rings is 1. The van der Waals surface area contributed by atoms with Crippen molar-refractivity contribution in [3.8, 4) is 0 Å². The van der Waals surface area contributed by atoms with Gasteiger partial charge in [0, 0.05) is 13.2 Å². The molecule has 1 heterocycles. The Hall–Kier alpha value is -1.16. The summed E-state index contributed by atoms with van der Waals surface area (Å²) in [4.78, 5) is -0.403. The van der Waals surface area contributed by atoms with E-state index in [1.54, 1.807) is 0 Å². The summed E-state index contributed by atoms with van der Waals surface area (Å²) in [7, 11) is -4.09. The Morgan fingerprint density at radius 3 is 2.70 bits per heavy atom. The molecule has 1 N–H and O–H groups in total. The first-order valence-electron chi connectivity index (χ1n) is 7.06. The van der Waals surface area contributed by atoms with Crippen molar-refractivity contribution in [1.29, 1.82) is 0 Å². The molecule has 0 amide bonds. The van der Waals surface area contributed by atoms with Gasteiger partial charge in [0.05, 0.1) is 29.7 Å².